The Hall–Kier alpha value is -1.15. The molecule has 0 aliphatic carbocycles. The van der Waals surface area contributed by atoms with Crippen LogP contribution in [0.5, 0.6) is 0 Å². The Morgan fingerprint density at radius 1 is 1.17 bits per heavy atom. The molecule has 0 aliphatic heterocycles. The van der Waals surface area contributed by atoms with Crippen molar-refractivity contribution in [3.05, 3.63) is 35.4 Å². The number of nitrogens with one attached hydrogen (secondary N) is 1. The van der Waals surface area contributed by atoms with E-state index >= 15 is 0 Å². The highest BCUT2D eigenvalue weighted by Gasteiger charge is 2.36. The van der Waals surface area contributed by atoms with Gasteiger partial charge in [-0.15, -0.1) is 0 Å². The van der Waals surface area contributed by atoms with Gasteiger partial charge in [0.2, 0.25) is 0 Å². The summed E-state index contributed by atoms with van der Waals surface area (Å²) in [5.41, 5.74) is 1.48. The molecule has 4 nitrogen and oxygen atoms in total. The second-order valence-corrected chi connectivity index (χ2v) is 3.57. The van der Waals surface area contributed by atoms with Crippen LogP contribution in [0.15, 0.2) is 24.3 Å². The third kappa shape index (κ3) is 3.20. The van der Waals surface area contributed by atoms with E-state index in [9.17, 15) is 13.2 Å². The second-order valence-electron chi connectivity index (χ2n) is 3.57. The Bertz CT molecular complexity index is 381. The zero-order valence-corrected chi connectivity index (χ0v) is 9.99. The average Bonchev–Trinajstić information content (AvgIpc) is 2.34. The van der Waals surface area contributed by atoms with Crippen LogP contribution >= 0.6 is 0 Å². The first kappa shape index (κ1) is 14.9. The van der Waals surface area contributed by atoms with Gasteiger partial charge in [0.1, 0.15) is 0 Å². The van der Waals surface area contributed by atoms with Crippen LogP contribution in [0.1, 0.15) is 17.2 Å². The monoisotopic (exact) mass is 264 g/mol. The summed E-state index contributed by atoms with van der Waals surface area (Å²) in [6.45, 7) is 0. The summed E-state index contributed by atoms with van der Waals surface area (Å²) < 4.78 is 48.5. The molecule has 7 heteroatoms. The quantitative estimate of drug-likeness (QED) is 0.484. The van der Waals surface area contributed by atoms with E-state index in [1.807, 2.05) is 0 Å². The molecular formula is C11H15F3N2O2. The summed E-state index contributed by atoms with van der Waals surface area (Å²) in [5.74, 6) is 5.29. The van der Waals surface area contributed by atoms with Gasteiger partial charge < -0.3 is 9.47 Å². The first-order valence-electron chi connectivity index (χ1n) is 5.13. The van der Waals surface area contributed by atoms with Crippen molar-refractivity contribution < 1.29 is 22.6 Å². The van der Waals surface area contributed by atoms with Crippen molar-refractivity contribution >= 4 is 0 Å². The lowest BCUT2D eigenvalue weighted by atomic mass is 10.00. The molecule has 102 valence electrons. The standard InChI is InChI=1S/C11H15F3N2O2/c1-17-10(18-2)9(16-15)7-5-3-4-6-8(7)11(12,13)14/h3-6,9-10,16H,15H2,1-2H3. The molecular weight excluding hydrogens is 249 g/mol. The van der Waals surface area contributed by atoms with E-state index in [4.69, 9.17) is 15.3 Å². The fourth-order valence-corrected chi connectivity index (χ4v) is 1.71. The third-order valence-corrected chi connectivity index (χ3v) is 2.52. The smallest absolute Gasteiger partial charge is 0.354 e. The molecule has 1 unspecified atom stereocenters. The molecule has 0 aliphatic rings. The van der Waals surface area contributed by atoms with Crippen molar-refractivity contribution in [2.24, 2.45) is 5.84 Å². The van der Waals surface area contributed by atoms with Gasteiger partial charge in [-0.25, -0.2) is 5.43 Å². The third-order valence-electron chi connectivity index (χ3n) is 2.52. The minimum atomic E-state index is -4.46. The highest BCUT2D eigenvalue weighted by Crippen LogP contribution is 2.35. The van der Waals surface area contributed by atoms with E-state index in [0.29, 0.717) is 0 Å². The van der Waals surface area contributed by atoms with Crippen molar-refractivity contribution in [2.45, 2.75) is 18.5 Å². The molecule has 3 N–H and O–H groups in total. The molecule has 0 bridgehead atoms. The van der Waals surface area contributed by atoms with E-state index in [0.717, 1.165) is 6.07 Å². The zero-order chi connectivity index (χ0) is 13.8. The fourth-order valence-electron chi connectivity index (χ4n) is 1.71. The summed E-state index contributed by atoms with van der Waals surface area (Å²) in [7, 11) is 2.66. The van der Waals surface area contributed by atoms with Crippen LogP contribution in [-0.2, 0) is 15.7 Å². The van der Waals surface area contributed by atoms with E-state index < -0.39 is 24.1 Å². The Kier molecular flexibility index (Phi) is 5.09. The van der Waals surface area contributed by atoms with Gasteiger partial charge in [-0.3, -0.25) is 5.84 Å². The van der Waals surface area contributed by atoms with Crippen LogP contribution in [-0.4, -0.2) is 20.5 Å². The first-order chi connectivity index (χ1) is 8.45. The minimum absolute atomic E-state index is 0.0267. The SMILES string of the molecule is COC(OC)C(NN)c1ccccc1C(F)(F)F. The van der Waals surface area contributed by atoms with Crippen molar-refractivity contribution in [1.29, 1.82) is 0 Å². The summed E-state index contributed by atoms with van der Waals surface area (Å²) >= 11 is 0. The van der Waals surface area contributed by atoms with Gasteiger partial charge in [0.05, 0.1) is 11.6 Å². The molecule has 1 rings (SSSR count). The predicted molar refractivity (Wildman–Crippen MR) is 59.3 cm³/mol. The van der Waals surface area contributed by atoms with Crippen LogP contribution in [0.4, 0.5) is 13.2 Å². The molecule has 1 atom stereocenters. The number of rotatable bonds is 5. The van der Waals surface area contributed by atoms with Crippen LogP contribution < -0.4 is 11.3 Å². The second kappa shape index (κ2) is 6.14. The lowest BCUT2D eigenvalue weighted by Crippen LogP contribution is -2.39. The Morgan fingerprint density at radius 3 is 2.17 bits per heavy atom. The van der Waals surface area contributed by atoms with Gasteiger partial charge >= 0.3 is 6.18 Å². The predicted octanol–water partition coefficient (Wildman–Crippen LogP) is 1.83. The number of hydrogen-bond acceptors (Lipinski definition) is 4. The van der Waals surface area contributed by atoms with Crippen molar-refractivity contribution in [3.63, 3.8) is 0 Å². The summed E-state index contributed by atoms with van der Waals surface area (Å²) in [5, 5.41) is 0. The minimum Gasteiger partial charge on any atom is -0.354 e. The maximum atomic E-state index is 12.9. The molecule has 1 aromatic carbocycles. The number of alkyl halides is 3. The van der Waals surface area contributed by atoms with Crippen molar-refractivity contribution in [2.75, 3.05) is 14.2 Å². The van der Waals surface area contributed by atoms with Crippen LogP contribution in [0.25, 0.3) is 0 Å². The first-order valence-corrected chi connectivity index (χ1v) is 5.13. The van der Waals surface area contributed by atoms with E-state index in [1.165, 1.54) is 32.4 Å². The molecule has 18 heavy (non-hydrogen) atoms. The van der Waals surface area contributed by atoms with Gasteiger partial charge in [0.15, 0.2) is 6.29 Å². The number of halogens is 3. The maximum absolute atomic E-state index is 12.9. The number of ether oxygens (including phenoxy) is 2. The molecule has 0 saturated carbocycles. The fraction of sp³-hybridized carbons (Fsp3) is 0.455. The molecule has 0 heterocycles. The van der Waals surface area contributed by atoms with Gasteiger partial charge in [0.25, 0.3) is 0 Å². The molecule has 1 aromatic rings. The summed E-state index contributed by atoms with van der Waals surface area (Å²) in [4.78, 5) is 0. The van der Waals surface area contributed by atoms with E-state index in [-0.39, 0.29) is 5.56 Å². The Labute approximate surface area is 103 Å². The Morgan fingerprint density at radius 2 is 1.72 bits per heavy atom. The normalized spacial score (nSPS) is 13.9. The lowest BCUT2D eigenvalue weighted by Gasteiger charge is -2.26. The van der Waals surface area contributed by atoms with Gasteiger partial charge in [-0.05, 0) is 11.6 Å². The van der Waals surface area contributed by atoms with E-state index in [1.54, 1.807) is 0 Å². The number of hydrazine groups is 1. The number of nitrogens with two attached hydrogens (primary N) is 1. The Balaban J connectivity index is 3.21. The largest absolute Gasteiger partial charge is 0.416 e. The molecule has 0 aromatic heterocycles. The maximum Gasteiger partial charge on any atom is 0.416 e. The molecule has 0 amide bonds. The van der Waals surface area contributed by atoms with Crippen molar-refractivity contribution in [1.82, 2.24) is 5.43 Å². The molecule has 0 fully saturated rings. The average molecular weight is 264 g/mol. The summed E-state index contributed by atoms with van der Waals surface area (Å²) in [6.07, 6.45) is -5.38. The van der Waals surface area contributed by atoms with E-state index in [2.05, 4.69) is 5.43 Å². The van der Waals surface area contributed by atoms with Gasteiger partial charge in [0, 0.05) is 14.2 Å². The van der Waals surface area contributed by atoms with Crippen LogP contribution in [0.3, 0.4) is 0 Å². The number of benzene rings is 1. The molecule has 0 saturated heterocycles. The highest BCUT2D eigenvalue weighted by atomic mass is 19.4. The van der Waals surface area contributed by atoms with Crippen LogP contribution in [0, 0.1) is 0 Å². The van der Waals surface area contributed by atoms with Gasteiger partial charge in [-0.2, -0.15) is 13.2 Å². The lowest BCUT2D eigenvalue weighted by molar-refractivity contribution is -0.143. The molecule has 0 radical (unpaired) electrons. The number of hydrogen-bond donors (Lipinski definition) is 2. The van der Waals surface area contributed by atoms with Gasteiger partial charge in [-0.1, -0.05) is 18.2 Å². The summed E-state index contributed by atoms with van der Waals surface area (Å²) in [6, 6.07) is 4.21. The van der Waals surface area contributed by atoms with Crippen LogP contribution in [0.2, 0.25) is 0 Å². The highest BCUT2D eigenvalue weighted by molar-refractivity contribution is 5.32. The molecule has 0 spiro atoms. The topological polar surface area (TPSA) is 56.5 Å². The zero-order valence-electron chi connectivity index (χ0n) is 9.99. The van der Waals surface area contributed by atoms with Crippen molar-refractivity contribution in [3.8, 4) is 0 Å². The number of methoxy groups -OCH3 is 2.